The van der Waals surface area contributed by atoms with Crippen LogP contribution in [0, 0.1) is 0 Å². The first kappa shape index (κ1) is 99.6. The Morgan fingerprint density at radius 2 is 0.752 bits per heavy atom. The average molecular weight is 1880 g/mol. The van der Waals surface area contributed by atoms with E-state index in [2.05, 4.69) is 102 Å². The minimum Gasteiger partial charge on any atom is -0.497 e. The second-order valence-electron chi connectivity index (χ2n) is 32.4. The van der Waals surface area contributed by atoms with Gasteiger partial charge in [0, 0.05) is 246 Å². The summed E-state index contributed by atoms with van der Waals surface area (Å²) < 4.78 is 69.4. The van der Waals surface area contributed by atoms with Gasteiger partial charge < -0.3 is 83.2 Å². The summed E-state index contributed by atoms with van der Waals surface area (Å²) in [6.45, 7) is 9.56. The number of rotatable bonds is 36. The van der Waals surface area contributed by atoms with Gasteiger partial charge in [-0.15, -0.1) is 0 Å². The molecule has 1 saturated heterocycles. The van der Waals surface area contributed by atoms with Crippen molar-refractivity contribution >= 4 is 109 Å². The fraction of sp³-hybridized carbons (Fsp3) is 0.310. The van der Waals surface area contributed by atoms with Gasteiger partial charge >= 0.3 is 0 Å². The van der Waals surface area contributed by atoms with Gasteiger partial charge in [0.25, 0.3) is 0 Å². The summed E-state index contributed by atoms with van der Waals surface area (Å²) in [6, 6.07) is 47.4. The molecule has 0 spiro atoms. The normalized spacial score (nSPS) is 12.9. The molecule has 8 aromatic carbocycles. The summed E-state index contributed by atoms with van der Waals surface area (Å²) in [5, 5.41) is 46.7. The Hall–Kier alpha value is -14.9. The summed E-state index contributed by atoms with van der Waals surface area (Å²) in [5.41, 5.74) is 20.6. The Kier molecular flexibility index (Phi) is 34.4. The van der Waals surface area contributed by atoms with Crippen LogP contribution in [0.2, 0.25) is 0 Å². The van der Waals surface area contributed by atoms with E-state index in [4.69, 9.17) is 62.6 Å². The van der Waals surface area contributed by atoms with Crippen LogP contribution in [-0.4, -0.2) is 255 Å². The lowest BCUT2D eigenvalue weighted by atomic mass is 10.1. The van der Waals surface area contributed by atoms with E-state index >= 15 is 0 Å². The maximum atomic E-state index is 13.3. The predicted molar refractivity (Wildman–Crippen MR) is 538 cm³/mol. The quantitative estimate of drug-likeness (QED) is 0.0123. The van der Waals surface area contributed by atoms with Crippen LogP contribution in [0.3, 0.4) is 0 Å². The first-order chi connectivity index (χ1) is 66.0. The van der Waals surface area contributed by atoms with Crippen molar-refractivity contribution in [3.8, 4) is 91.0 Å². The van der Waals surface area contributed by atoms with Crippen LogP contribution in [0.25, 0.3) is 89.2 Å². The number of fused-ring (bicyclic) bond motifs is 4. The van der Waals surface area contributed by atoms with E-state index < -0.39 is 12.3 Å². The number of aryl methyl sites for hydroxylation is 4. The van der Waals surface area contributed by atoms with E-state index in [1.165, 1.54) is 12.8 Å². The van der Waals surface area contributed by atoms with Crippen LogP contribution >= 0.6 is 13.5 Å². The Balaban J connectivity index is 0.000000154. The molecule has 1 aliphatic heterocycles. The second-order valence-corrected chi connectivity index (χ2v) is 32.4. The van der Waals surface area contributed by atoms with E-state index in [0.29, 0.717) is 84.5 Å². The molecule has 0 radical (unpaired) electrons. The number of oxime groups is 1. The molecule has 0 amide bonds. The van der Waals surface area contributed by atoms with Gasteiger partial charge in [-0.05, 0) is 113 Å². The molecule has 1 aliphatic rings. The van der Waals surface area contributed by atoms with Gasteiger partial charge in [0.05, 0.1) is 199 Å². The number of aliphatic hydroxyl groups is 1. The van der Waals surface area contributed by atoms with Gasteiger partial charge in [-0.2, -0.15) is 33.9 Å². The highest BCUT2D eigenvalue weighted by molar-refractivity contribution is 7.59. The third-order valence-electron chi connectivity index (χ3n) is 22.8. The number of aromatic nitrogens is 16. The molecule has 1 fully saturated rings. The number of benzene rings is 8. The Morgan fingerprint density at radius 1 is 0.431 bits per heavy atom. The van der Waals surface area contributed by atoms with E-state index in [1.807, 2.05) is 191 Å². The lowest BCUT2D eigenvalue weighted by molar-refractivity contribution is 0.182. The zero-order valence-corrected chi connectivity index (χ0v) is 80.8. The van der Waals surface area contributed by atoms with Gasteiger partial charge in [0.2, 0.25) is 0 Å². The lowest BCUT2D eigenvalue weighted by Crippen LogP contribution is -2.35. The number of hydrogen-bond acceptors (Lipinski definition) is 31. The van der Waals surface area contributed by atoms with Crippen molar-refractivity contribution in [2.75, 3.05) is 156 Å². The van der Waals surface area contributed by atoms with Crippen LogP contribution in [0.4, 0.5) is 49.9 Å². The number of halogens is 1. The van der Waals surface area contributed by atoms with E-state index in [1.54, 1.807) is 139 Å². The molecule has 0 saturated carbocycles. The van der Waals surface area contributed by atoms with Crippen molar-refractivity contribution < 1.29 is 57.3 Å². The summed E-state index contributed by atoms with van der Waals surface area (Å²) in [7, 11) is 23.9. The summed E-state index contributed by atoms with van der Waals surface area (Å²) >= 11 is 0. The van der Waals surface area contributed by atoms with Crippen molar-refractivity contribution in [1.82, 2.24) is 94.5 Å². The number of methoxy groups -OCH3 is 9. The highest BCUT2D eigenvalue weighted by Gasteiger charge is 2.26. The molecule has 4 N–H and O–H groups in total. The number of anilines is 8. The van der Waals surface area contributed by atoms with Gasteiger partial charge in [-0.25, -0.2) is 24.3 Å². The average Bonchev–Trinajstić information content (AvgIpc) is 1.69. The fourth-order valence-electron chi connectivity index (χ4n) is 15.8. The second kappa shape index (κ2) is 47.3. The molecule has 137 heavy (non-hydrogen) atoms. The van der Waals surface area contributed by atoms with Crippen LogP contribution in [0.15, 0.2) is 225 Å². The number of likely N-dealkylation sites (tertiary alicyclic amines) is 1. The molecule has 8 aromatic heterocycles. The highest BCUT2D eigenvalue weighted by Crippen LogP contribution is 2.41. The van der Waals surface area contributed by atoms with Gasteiger partial charge in [-0.3, -0.25) is 43.6 Å². The molecule has 37 heteroatoms. The number of alkyl halides is 1. The van der Waals surface area contributed by atoms with Crippen LogP contribution in [0.1, 0.15) is 26.7 Å². The number of ether oxygens (including phenoxy) is 9. The highest BCUT2D eigenvalue weighted by atomic mass is 32.1. The van der Waals surface area contributed by atoms with E-state index in [9.17, 15) is 14.7 Å². The maximum absolute atomic E-state index is 13.3. The third-order valence-corrected chi connectivity index (χ3v) is 22.8. The van der Waals surface area contributed by atoms with Crippen LogP contribution in [-0.2, 0) is 32.9 Å². The minimum atomic E-state index is -0.910. The number of nitrogens with zero attached hydrogens (tertiary/aromatic N) is 22. The fourth-order valence-corrected chi connectivity index (χ4v) is 15.8. The van der Waals surface area contributed by atoms with Gasteiger partial charge in [0.1, 0.15) is 57.9 Å². The lowest BCUT2D eigenvalue weighted by Gasteiger charge is -2.30. The number of nitrogens with one attached hydrogen (secondary N) is 2. The molecular formula is C100H117FN24O11S. The minimum absolute atomic E-state index is 0. The van der Waals surface area contributed by atoms with Crippen molar-refractivity contribution in [2.24, 2.45) is 33.3 Å². The largest absolute Gasteiger partial charge is 0.497 e. The molecular weight excluding hydrogens is 1760 g/mol. The standard InChI is InChI=1S/C27H32N6O2.C25H29FN6O2.C24H26N6O4.C24H28N6O3.H2S/c1-19-6-5-9-32(19)10-11-33(22-12-23(34-3)15-24(13-22)35-4)21-7-8-25-26(14-21)30-27(17-28-25)20-16-29-31(2)18-20;1-17(26)13-27-7-8-32(20-9-21(33-3)12-22(10-20)34-4)19-5-6-23-24(11-19)30-25(15-28-23)18-14-29-31(2)16-18;1-29-13-16(11-26-29)24-12-25-22-6-5-18(9-23(22)27-24)30(14-17(28-31)15-32-2)19-7-20(33-3)10-21(8-19)34-4;1-25-12-19(31)15-30(18-7-20(32-3)10-21(8-18)33-4)17-5-6-22-23(9-17)28-24(13-26-22)16-11-27-29(2)14-16;/h7-8,12-19H,5-6,9-11H2,1-4H3;5-6,9-12,14-17,27H,7-8,13H2,1-4H3;5-13,31H,14-15H2,1-4H3;5-11,13-14,19,25,31H,12,15H2,1-4H3;1H2/b;;28-17+;;/t19-;;;19-;/m0..0./s1. The van der Waals surface area contributed by atoms with Crippen LogP contribution in [0.5, 0.6) is 46.0 Å². The first-order valence-corrected chi connectivity index (χ1v) is 44.2. The Morgan fingerprint density at radius 3 is 1.04 bits per heavy atom. The maximum Gasteiger partial charge on any atom is 0.124 e. The van der Waals surface area contributed by atoms with Gasteiger partial charge in [0.15, 0.2) is 0 Å². The zero-order chi connectivity index (χ0) is 95.9. The number of likely N-dealkylation sites (N-methyl/N-ethyl adjacent to an activating group) is 1. The molecule has 9 heterocycles. The molecule has 17 rings (SSSR count). The Labute approximate surface area is 801 Å². The van der Waals surface area contributed by atoms with Crippen LogP contribution < -0.4 is 68.1 Å². The van der Waals surface area contributed by atoms with Gasteiger partial charge in [-0.1, -0.05) is 5.16 Å². The zero-order valence-electron chi connectivity index (χ0n) is 79.8. The molecule has 716 valence electrons. The van der Waals surface area contributed by atoms with Crippen molar-refractivity contribution in [2.45, 2.75) is 45.0 Å². The Bertz CT molecular complexity index is 6650. The molecule has 0 bridgehead atoms. The summed E-state index contributed by atoms with van der Waals surface area (Å²) in [4.78, 5) is 48.7. The molecule has 16 aromatic rings. The number of aliphatic hydroxyl groups excluding tert-OH is 1. The monoisotopic (exact) mass is 1880 g/mol. The summed E-state index contributed by atoms with van der Waals surface area (Å²) in [6.07, 6.45) is 22.8. The SMILES string of the molecule is CNC[C@H](O)CN(c1cc(OC)cc(OC)c1)c1ccc2ncc(-c3cnn(C)c3)nc2c1.COC/C(CN(c1cc(OC)cc(OC)c1)c1ccc2ncc(-c3cnn(C)c3)nc2c1)=N/O.COc1cc(OC)cc(N(CCN2CCC[C@@H]2C)c2ccc3ncc(-c4cnn(C)c4)nc3c2)c1.COc1cc(OC)cc(N(CCNCC(C)F)c2ccc3ncc(-c4cnn(C)c4)nc3c2)c1.S. The van der Waals surface area contributed by atoms with Crippen molar-refractivity contribution in [3.05, 3.63) is 220 Å². The summed E-state index contributed by atoms with van der Waals surface area (Å²) in [5.74, 6) is 5.49. The molecule has 35 nitrogen and oxygen atoms in total. The van der Waals surface area contributed by atoms with Crippen molar-refractivity contribution in [1.29, 1.82) is 0 Å². The molecule has 0 aliphatic carbocycles. The third kappa shape index (κ3) is 25.6. The predicted octanol–water partition coefficient (Wildman–Crippen LogP) is 15.3. The van der Waals surface area contributed by atoms with E-state index in [-0.39, 0.29) is 26.6 Å². The smallest absolute Gasteiger partial charge is 0.124 e. The number of hydrogen-bond donors (Lipinski definition) is 4. The molecule has 1 unspecified atom stereocenters. The molecule has 3 atom stereocenters. The van der Waals surface area contributed by atoms with Crippen molar-refractivity contribution in [3.63, 3.8) is 0 Å². The van der Waals surface area contributed by atoms with E-state index in [0.717, 1.165) is 160 Å². The topological polar surface area (TPSA) is 351 Å². The first-order valence-electron chi connectivity index (χ1n) is 44.2.